The van der Waals surface area contributed by atoms with Gasteiger partial charge < -0.3 is 5.32 Å². The molecule has 0 fully saturated rings. The molecule has 1 unspecified atom stereocenters. The minimum atomic E-state index is 0.535. The minimum Gasteiger partial charge on any atom is -0.314 e. The third-order valence-corrected chi connectivity index (χ3v) is 3.92. The number of nitrogens with one attached hydrogen (secondary N) is 1. The highest BCUT2D eigenvalue weighted by Gasteiger charge is 2.12. The molecule has 0 saturated heterocycles. The molecule has 18 heavy (non-hydrogen) atoms. The molecule has 0 aromatic carbocycles. The van der Waals surface area contributed by atoms with Crippen molar-refractivity contribution >= 4 is 21.6 Å². The summed E-state index contributed by atoms with van der Waals surface area (Å²) in [7, 11) is 0. The third-order valence-electron chi connectivity index (χ3n) is 3.10. The number of fused-ring (bicyclic) bond motifs is 1. The minimum absolute atomic E-state index is 0.535. The van der Waals surface area contributed by atoms with Crippen molar-refractivity contribution in [1.29, 1.82) is 0 Å². The van der Waals surface area contributed by atoms with Crippen LogP contribution in [0.2, 0.25) is 0 Å². The van der Waals surface area contributed by atoms with Crippen molar-refractivity contribution < 1.29 is 0 Å². The van der Waals surface area contributed by atoms with Crippen molar-refractivity contribution in [2.75, 3.05) is 6.54 Å². The average Bonchev–Trinajstić information content (AvgIpc) is 2.85. The van der Waals surface area contributed by atoms with Crippen LogP contribution in [-0.4, -0.2) is 22.6 Å². The maximum absolute atomic E-state index is 4.46. The number of nitrogens with zero attached hydrogens (tertiary/aromatic N) is 2. The van der Waals surface area contributed by atoms with E-state index in [0.717, 1.165) is 17.8 Å². The summed E-state index contributed by atoms with van der Waals surface area (Å²) >= 11 is 1.69. The van der Waals surface area contributed by atoms with Gasteiger partial charge >= 0.3 is 0 Å². The molecule has 1 atom stereocenters. The second-order valence-electron chi connectivity index (χ2n) is 4.60. The maximum atomic E-state index is 4.46. The lowest BCUT2D eigenvalue weighted by Crippen LogP contribution is -2.32. The standard InChI is InChI=1S/C14H21N3S/c1-3-5-11(15-7-4-2)9-13-12-6-8-18-14(12)17-10-16-13/h6,8,10-11,15H,3-5,7,9H2,1-2H3. The van der Waals surface area contributed by atoms with Crippen LogP contribution in [0.3, 0.4) is 0 Å². The van der Waals surface area contributed by atoms with Crippen molar-refractivity contribution in [3.05, 3.63) is 23.5 Å². The molecule has 0 saturated carbocycles. The predicted octanol–water partition coefficient (Wildman–Crippen LogP) is 3.40. The van der Waals surface area contributed by atoms with E-state index >= 15 is 0 Å². The molecule has 0 aliphatic heterocycles. The fourth-order valence-electron chi connectivity index (χ4n) is 2.21. The number of hydrogen-bond donors (Lipinski definition) is 1. The van der Waals surface area contributed by atoms with Crippen LogP contribution in [0.4, 0.5) is 0 Å². The Morgan fingerprint density at radius 1 is 1.28 bits per heavy atom. The molecule has 98 valence electrons. The summed E-state index contributed by atoms with van der Waals surface area (Å²) in [5, 5.41) is 6.94. The van der Waals surface area contributed by atoms with E-state index in [9.17, 15) is 0 Å². The quantitative estimate of drug-likeness (QED) is 0.832. The van der Waals surface area contributed by atoms with E-state index in [1.807, 2.05) is 0 Å². The first-order valence-corrected chi connectivity index (χ1v) is 7.63. The predicted molar refractivity (Wildman–Crippen MR) is 78.1 cm³/mol. The molecule has 0 spiro atoms. The molecule has 0 amide bonds. The van der Waals surface area contributed by atoms with Gasteiger partial charge in [-0.15, -0.1) is 11.3 Å². The summed E-state index contributed by atoms with van der Waals surface area (Å²) in [5.74, 6) is 0. The maximum Gasteiger partial charge on any atom is 0.126 e. The van der Waals surface area contributed by atoms with E-state index in [2.05, 4.69) is 40.6 Å². The summed E-state index contributed by atoms with van der Waals surface area (Å²) in [5.41, 5.74) is 1.18. The summed E-state index contributed by atoms with van der Waals surface area (Å²) < 4.78 is 0. The summed E-state index contributed by atoms with van der Waals surface area (Å²) in [6.07, 6.45) is 6.29. The van der Waals surface area contributed by atoms with Gasteiger partial charge in [-0.25, -0.2) is 9.97 Å². The summed E-state index contributed by atoms with van der Waals surface area (Å²) in [6, 6.07) is 2.67. The van der Waals surface area contributed by atoms with Crippen molar-refractivity contribution in [2.45, 2.75) is 45.6 Å². The second kappa shape index (κ2) is 6.81. The highest BCUT2D eigenvalue weighted by atomic mass is 32.1. The van der Waals surface area contributed by atoms with Crippen LogP contribution in [0.15, 0.2) is 17.8 Å². The van der Waals surface area contributed by atoms with Gasteiger partial charge in [0.1, 0.15) is 11.2 Å². The van der Waals surface area contributed by atoms with Gasteiger partial charge in [-0.3, -0.25) is 0 Å². The molecule has 2 aromatic heterocycles. The van der Waals surface area contributed by atoms with Crippen LogP contribution >= 0.6 is 11.3 Å². The highest BCUT2D eigenvalue weighted by molar-refractivity contribution is 7.16. The molecule has 0 bridgehead atoms. The summed E-state index contributed by atoms with van der Waals surface area (Å²) in [4.78, 5) is 9.87. The van der Waals surface area contributed by atoms with Crippen molar-refractivity contribution in [2.24, 2.45) is 0 Å². The first-order chi connectivity index (χ1) is 8.85. The Labute approximate surface area is 113 Å². The topological polar surface area (TPSA) is 37.8 Å². The van der Waals surface area contributed by atoms with Crippen LogP contribution in [0.1, 0.15) is 38.8 Å². The molecule has 0 aliphatic carbocycles. The molecular weight excluding hydrogens is 242 g/mol. The molecule has 1 N–H and O–H groups in total. The zero-order valence-corrected chi connectivity index (χ0v) is 12.0. The Bertz CT molecular complexity index is 481. The first kappa shape index (κ1) is 13.4. The van der Waals surface area contributed by atoms with Gasteiger partial charge in [0.05, 0.1) is 5.69 Å². The van der Waals surface area contributed by atoms with E-state index in [1.54, 1.807) is 17.7 Å². The van der Waals surface area contributed by atoms with Gasteiger partial charge in [0, 0.05) is 17.8 Å². The average molecular weight is 263 g/mol. The molecule has 2 rings (SSSR count). The fourth-order valence-corrected chi connectivity index (χ4v) is 2.96. The Hall–Kier alpha value is -1.00. The van der Waals surface area contributed by atoms with Crippen LogP contribution in [0.25, 0.3) is 10.2 Å². The Morgan fingerprint density at radius 2 is 2.17 bits per heavy atom. The highest BCUT2D eigenvalue weighted by Crippen LogP contribution is 2.21. The smallest absolute Gasteiger partial charge is 0.126 e. The van der Waals surface area contributed by atoms with Crippen molar-refractivity contribution in [3.8, 4) is 0 Å². The van der Waals surface area contributed by atoms with Gasteiger partial charge in [0.15, 0.2) is 0 Å². The third kappa shape index (κ3) is 3.27. The first-order valence-electron chi connectivity index (χ1n) is 6.75. The van der Waals surface area contributed by atoms with E-state index in [-0.39, 0.29) is 0 Å². The largest absolute Gasteiger partial charge is 0.314 e. The van der Waals surface area contributed by atoms with Crippen molar-refractivity contribution in [1.82, 2.24) is 15.3 Å². The van der Waals surface area contributed by atoms with E-state index in [1.165, 1.54) is 30.3 Å². The number of aromatic nitrogens is 2. The molecule has 2 aromatic rings. The second-order valence-corrected chi connectivity index (χ2v) is 5.50. The normalized spacial score (nSPS) is 13.0. The number of thiophene rings is 1. The van der Waals surface area contributed by atoms with Crippen molar-refractivity contribution in [3.63, 3.8) is 0 Å². The van der Waals surface area contributed by atoms with Crippen LogP contribution < -0.4 is 5.32 Å². The monoisotopic (exact) mass is 263 g/mol. The molecule has 2 heterocycles. The number of rotatable bonds is 7. The lowest BCUT2D eigenvalue weighted by molar-refractivity contribution is 0.470. The molecular formula is C14H21N3S. The lowest BCUT2D eigenvalue weighted by atomic mass is 10.0. The van der Waals surface area contributed by atoms with E-state index < -0.39 is 0 Å². The van der Waals surface area contributed by atoms with Crippen LogP contribution in [-0.2, 0) is 6.42 Å². The van der Waals surface area contributed by atoms with Gasteiger partial charge in [0.2, 0.25) is 0 Å². The SMILES string of the molecule is CCCNC(CCC)Cc1ncnc2sccc12. The fraction of sp³-hybridized carbons (Fsp3) is 0.571. The Balaban J connectivity index is 2.12. The molecule has 3 nitrogen and oxygen atoms in total. The van der Waals surface area contributed by atoms with Crippen LogP contribution in [0, 0.1) is 0 Å². The molecule has 0 radical (unpaired) electrons. The Morgan fingerprint density at radius 3 is 2.94 bits per heavy atom. The van der Waals surface area contributed by atoms with Crippen LogP contribution in [0.5, 0.6) is 0 Å². The van der Waals surface area contributed by atoms with Gasteiger partial charge in [-0.1, -0.05) is 20.3 Å². The Kier molecular flexibility index (Phi) is 5.08. The summed E-state index contributed by atoms with van der Waals surface area (Å²) in [6.45, 7) is 5.53. The van der Waals surface area contributed by atoms with E-state index in [4.69, 9.17) is 0 Å². The van der Waals surface area contributed by atoms with Gasteiger partial charge in [-0.05, 0) is 30.8 Å². The zero-order chi connectivity index (χ0) is 12.8. The van der Waals surface area contributed by atoms with E-state index in [0.29, 0.717) is 6.04 Å². The zero-order valence-electron chi connectivity index (χ0n) is 11.1. The molecule has 4 heteroatoms. The number of hydrogen-bond acceptors (Lipinski definition) is 4. The lowest BCUT2D eigenvalue weighted by Gasteiger charge is -2.17. The molecule has 0 aliphatic rings. The van der Waals surface area contributed by atoms with Gasteiger partial charge in [-0.2, -0.15) is 0 Å². The van der Waals surface area contributed by atoms with Gasteiger partial charge in [0.25, 0.3) is 0 Å².